The number of carbonyl (C=O) groups excluding carboxylic acids is 1. The Morgan fingerprint density at radius 2 is 1.70 bits per heavy atom. The standard InChI is InChI=1S/C17H18FNO2.C2H6O2.C2H6.H2/c1-13(11-15-9-5-6-10-16(15)18)21-17(20)19-12-14-7-3-2-4-8-14;1-4-2-3;1-2;/h2-10,13H,11-12H2,1H3,(H,19,20);3H,2H2,1H3;1-2H3;1H/t13-;;;/m0.../s1. The molecular formula is C21H32FNO4. The number of halogens is 1. The third-order valence-electron chi connectivity index (χ3n) is 3.18. The zero-order valence-electron chi connectivity index (χ0n) is 16.4. The summed E-state index contributed by atoms with van der Waals surface area (Å²) < 4.78 is 22.8. The van der Waals surface area contributed by atoms with E-state index in [1.54, 1.807) is 25.1 Å². The Labute approximate surface area is 162 Å². The lowest BCUT2D eigenvalue weighted by atomic mass is 10.1. The van der Waals surface area contributed by atoms with Crippen molar-refractivity contribution >= 4 is 6.09 Å². The molecule has 1 amide bonds. The van der Waals surface area contributed by atoms with Crippen molar-refractivity contribution in [3.63, 3.8) is 0 Å². The molecule has 2 rings (SSSR count). The molecule has 152 valence electrons. The molecule has 27 heavy (non-hydrogen) atoms. The Hall–Kier alpha value is -2.44. The molecule has 0 saturated heterocycles. The summed E-state index contributed by atoms with van der Waals surface area (Å²) in [6.07, 6.45) is -0.536. The van der Waals surface area contributed by atoms with Crippen LogP contribution in [0.1, 0.15) is 33.3 Å². The summed E-state index contributed by atoms with van der Waals surface area (Å²) in [5, 5.41) is 10.3. The fraction of sp³-hybridized carbons (Fsp3) is 0.381. The molecule has 0 saturated carbocycles. The van der Waals surface area contributed by atoms with E-state index in [4.69, 9.17) is 9.84 Å². The van der Waals surface area contributed by atoms with Crippen LogP contribution in [-0.2, 0) is 22.4 Å². The third-order valence-corrected chi connectivity index (χ3v) is 3.18. The van der Waals surface area contributed by atoms with E-state index in [0.717, 1.165) is 5.56 Å². The highest BCUT2D eigenvalue weighted by atomic mass is 19.1. The van der Waals surface area contributed by atoms with Crippen LogP contribution in [0.2, 0.25) is 0 Å². The van der Waals surface area contributed by atoms with Gasteiger partial charge < -0.3 is 19.9 Å². The molecular weight excluding hydrogens is 349 g/mol. The maximum atomic E-state index is 13.5. The minimum atomic E-state index is -0.498. The van der Waals surface area contributed by atoms with Gasteiger partial charge in [0, 0.05) is 21.5 Å². The average Bonchev–Trinajstić information content (AvgIpc) is 2.70. The molecule has 0 unspecified atom stereocenters. The van der Waals surface area contributed by atoms with Gasteiger partial charge in [-0.1, -0.05) is 62.4 Å². The number of hydrogen-bond acceptors (Lipinski definition) is 4. The van der Waals surface area contributed by atoms with Crippen LogP contribution in [0.5, 0.6) is 0 Å². The van der Waals surface area contributed by atoms with E-state index in [9.17, 15) is 9.18 Å². The van der Waals surface area contributed by atoms with Crippen molar-refractivity contribution in [3.05, 3.63) is 71.5 Å². The van der Waals surface area contributed by atoms with Crippen molar-refractivity contribution in [2.75, 3.05) is 13.9 Å². The monoisotopic (exact) mass is 381 g/mol. The van der Waals surface area contributed by atoms with Crippen LogP contribution in [0.3, 0.4) is 0 Å². The first-order chi connectivity index (χ1) is 13.1. The van der Waals surface area contributed by atoms with Gasteiger partial charge in [-0.2, -0.15) is 0 Å². The van der Waals surface area contributed by atoms with E-state index < -0.39 is 12.2 Å². The molecule has 1 atom stereocenters. The first kappa shape index (κ1) is 24.6. The van der Waals surface area contributed by atoms with Gasteiger partial charge in [0.15, 0.2) is 0 Å². The van der Waals surface area contributed by atoms with Gasteiger partial charge in [-0.25, -0.2) is 9.18 Å². The zero-order valence-corrected chi connectivity index (χ0v) is 16.4. The third kappa shape index (κ3) is 11.7. The Morgan fingerprint density at radius 3 is 2.26 bits per heavy atom. The summed E-state index contributed by atoms with van der Waals surface area (Å²) in [6, 6.07) is 16.1. The second-order valence-corrected chi connectivity index (χ2v) is 5.27. The van der Waals surface area contributed by atoms with Gasteiger partial charge in [-0.3, -0.25) is 0 Å². The summed E-state index contributed by atoms with van der Waals surface area (Å²) in [5.74, 6) is -0.280. The first-order valence-corrected chi connectivity index (χ1v) is 8.88. The van der Waals surface area contributed by atoms with Crippen molar-refractivity contribution in [3.8, 4) is 0 Å². The Morgan fingerprint density at radius 1 is 1.15 bits per heavy atom. The molecule has 0 heterocycles. The predicted molar refractivity (Wildman–Crippen MR) is 107 cm³/mol. The Kier molecular flexibility index (Phi) is 14.4. The molecule has 2 aromatic rings. The van der Waals surface area contributed by atoms with Gasteiger partial charge in [0.1, 0.15) is 18.7 Å². The molecule has 0 aliphatic carbocycles. The molecule has 2 aromatic carbocycles. The van der Waals surface area contributed by atoms with Gasteiger partial charge in [0.05, 0.1) is 0 Å². The second-order valence-electron chi connectivity index (χ2n) is 5.27. The molecule has 0 aromatic heterocycles. The lowest BCUT2D eigenvalue weighted by molar-refractivity contribution is 0.0325. The SMILES string of the molecule is CC.COCO.C[C@@H](Cc1ccccc1F)OC(=O)NCc1ccccc1.[HH]. The van der Waals surface area contributed by atoms with Crippen molar-refractivity contribution in [1.29, 1.82) is 0 Å². The van der Waals surface area contributed by atoms with E-state index in [2.05, 4.69) is 10.1 Å². The van der Waals surface area contributed by atoms with Crippen molar-refractivity contribution < 1.29 is 25.2 Å². The van der Waals surface area contributed by atoms with Crippen molar-refractivity contribution in [1.82, 2.24) is 5.32 Å². The number of methoxy groups -OCH3 is 1. The molecule has 2 N–H and O–H groups in total. The lowest BCUT2D eigenvalue weighted by Crippen LogP contribution is -2.28. The summed E-state index contributed by atoms with van der Waals surface area (Å²) in [6.45, 7) is 5.97. The van der Waals surface area contributed by atoms with Crippen LogP contribution >= 0.6 is 0 Å². The molecule has 0 radical (unpaired) electrons. The fourth-order valence-electron chi connectivity index (χ4n) is 2.01. The van der Waals surface area contributed by atoms with Gasteiger partial charge in [-0.15, -0.1) is 0 Å². The largest absolute Gasteiger partial charge is 0.446 e. The van der Waals surface area contributed by atoms with Crippen molar-refractivity contribution in [2.45, 2.75) is 39.8 Å². The fourth-order valence-corrected chi connectivity index (χ4v) is 2.01. The number of hydrogen-bond donors (Lipinski definition) is 2. The molecule has 5 nitrogen and oxygen atoms in total. The maximum Gasteiger partial charge on any atom is 0.407 e. The van der Waals surface area contributed by atoms with Gasteiger partial charge >= 0.3 is 6.09 Å². The highest BCUT2D eigenvalue weighted by molar-refractivity contribution is 5.67. The number of benzene rings is 2. The topological polar surface area (TPSA) is 67.8 Å². The minimum absolute atomic E-state index is 0. The summed E-state index contributed by atoms with van der Waals surface area (Å²) >= 11 is 0. The maximum absolute atomic E-state index is 13.5. The van der Waals surface area contributed by atoms with Crippen LogP contribution in [0.15, 0.2) is 54.6 Å². The highest BCUT2D eigenvalue weighted by Crippen LogP contribution is 2.10. The summed E-state index contributed by atoms with van der Waals surface area (Å²) in [7, 11) is 1.43. The predicted octanol–water partition coefficient (Wildman–Crippen LogP) is 4.54. The van der Waals surface area contributed by atoms with Crippen LogP contribution in [0, 0.1) is 5.82 Å². The number of amides is 1. The number of rotatable bonds is 6. The number of carbonyl (C=O) groups is 1. The van der Waals surface area contributed by atoms with E-state index in [0.29, 0.717) is 18.5 Å². The molecule has 0 aliphatic rings. The smallest absolute Gasteiger partial charge is 0.407 e. The average molecular weight is 381 g/mol. The van der Waals surface area contributed by atoms with E-state index in [1.165, 1.54) is 13.2 Å². The van der Waals surface area contributed by atoms with Crippen LogP contribution in [-0.4, -0.2) is 31.2 Å². The van der Waals surface area contributed by atoms with Crippen molar-refractivity contribution in [2.24, 2.45) is 0 Å². The molecule has 0 aliphatic heterocycles. The van der Waals surface area contributed by atoms with E-state index in [1.807, 2.05) is 44.2 Å². The van der Waals surface area contributed by atoms with Crippen LogP contribution in [0.25, 0.3) is 0 Å². The summed E-state index contributed by atoms with van der Waals surface area (Å²) in [5.41, 5.74) is 1.54. The van der Waals surface area contributed by atoms with Crippen LogP contribution in [0.4, 0.5) is 9.18 Å². The van der Waals surface area contributed by atoms with Gasteiger partial charge in [0.2, 0.25) is 0 Å². The first-order valence-electron chi connectivity index (χ1n) is 8.88. The van der Waals surface area contributed by atoms with E-state index >= 15 is 0 Å². The number of aliphatic hydroxyl groups is 1. The van der Waals surface area contributed by atoms with Gasteiger partial charge in [0.25, 0.3) is 0 Å². The van der Waals surface area contributed by atoms with Gasteiger partial charge in [-0.05, 0) is 24.1 Å². The number of aliphatic hydroxyl groups excluding tert-OH is 1. The molecule has 6 heteroatoms. The zero-order chi connectivity index (χ0) is 20.5. The Balaban J connectivity index is 0. The second kappa shape index (κ2) is 15.8. The highest BCUT2D eigenvalue weighted by Gasteiger charge is 2.12. The summed E-state index contributed by atoms with van der Waals surface area (Å²) in [4.78, 5) is 11.7. The lowest BCUT2D eigenvalue weighted by Gasteiger charge is -2.14. The quantitative estimate of drug-likeness (QED) is 0.721. The molecule has 0 fully saturated rings. The molecule has 0 spiro atoms. The van der Waals surface area contributed by atoms with E-state index in [-0.39, 0.29) is 14.0 Å². The number of alkyl carbamates (subject to hydrolysis) is 1. The number of ether oxygens (including phenoxy) is 2. The Bertz CT molecular complexity index is 627. The molecule has 0 bridgehead atoms. The normalized spacial score (nSPS) is 10.4. The van der Waals surface area contributed by atoms with Crippen LogP contribution < -0.4 is 5.32 Å². The minimum Gasteiger partial charge on any atom is -0.446 e. The number of nitrogens with one attached hydrogen (secondary N) is 1.